The zero-order valence-corrected chi connectivity index (χ0v) is 14.9. The van der Waals surface area contributed by atoms with Crippen LogP contribution in [-0.2, 0) is 4.79 Å². The van der Waals surface area contributed by atoms with E-state index in [-0.39, 0.29) is 11.9 Å². The van der Waals surface area contributed by atoms with Gasteiger partial charge in [0.15, 0.2) is 0 Å². The van der Waals surface area contributed by atoms with Crippen molar-refractivity contribution < 1.29 is 4.79 Å². The predicted molar refractivity (Wildman–Crippen MR) is 98.9 cm³/mol. The highest BCUT2D eigenvalue weighted by atomic mass is 32.1. The highest BCUT2D eigenvalue weighted by Gasteiger charge is 2.19. The van der Waals surface area contributed by atoms with Crippen LogP contribution < -0.4 is 0 Å². The van der Waals surface area contributed by atoms with Crippen LogP contribution in [0.2, 0.25) is 0 Å². The van der Waals surface area contributed by atoms with Crippen molar-refractivity contribution in [2.45, 2.75) is 19.9 Å². The van der Waals surface area contributed by atoms with E-state index in [1.54, 1.807) is 33.6 Å². The zero-order valence-electron chi connectivity index (χ0n) is 13.3. The lowest BCUT2D eigenvalue weighted by molar-refractivity contribution is -0.126. The summed E-state index contributed by atoms with van der Waals surface area (Å²) < 4.78 is 1.15. The van der Waals surface area contributed by atoms with Crippen LogP contribution in [-0.4, -0.2) is 22.8 Å². The number of fused-ring (bicyclic) bond motifs is 1. The quantitative estimate of drug-likeness (QED) is 0.632. The number of aryl methyl sites for hydroxylation is 1. The van der Waals surface area contributed by atoms with Crippen molar-refractivity contribution in [1.82, 2.24) is 9.88 Å². The summed E-state index contributed by atoms with van der Waals surface area (Å²) in [5.41, 5.74) is 2.19. The Morgan fingerprint density at radius 2 is 2.09 bits per heavy atom. The van der Waals surface area contributed by atoms with Crippen molar-refractivity contribution >= 4 is 44.9 Å². The highest BCUT2D eigenvalue weighted by molar-refractivity contribution is 7.18. The SMILES string of the molecule is Cc1ccsc1/C=C/C(=O)N(C)[C@@H](C)c1nc2ccccc2s1. The van der Waals surface area contributed by atoms with Gasteiger partial charge < -0.3 is 4.90 Å². The number of hydrogen-bond donors (Lipinski definition) is 0. The van der Waals surface area contributed by atoms with Gasteiger partial charge in [0.05, 0.1) is 16.3 Å². The second-order valence-corrected chi connectivity index (χ2v) is 7.46. The highest BCUT2D eigenvalue weighted by Crippen LogP contribution is 2.29. The summed E-state index contributed by atoms with van der Waals surface area (Å²) in [6.45, 7) is 4.06. The van der Waals surface area contributed by atoms with Crippen LogP contribution in [0.1, 0.15) is 28.4 Å². The Hall–Kier alpha value is -1.98. The van der Waals surface area contributed by atoms with Gasteiger partial charge in [-0.05, 0) is 49.1 Å². The van der Waals surface area contributed by atoms with E-state index in [9.17, 15) is 4.79 Å². The smallest absolute Gasteiger partial charge is 0.246 e. The Bertz CT molecular complexity index is 830. The molecule has 0 aliphatic carbocycles. The van der Waals surface area contributed by atoms with Crippen molar-refractivity contribution in [3.8, 4) is 0 Å². The summed E-state index contributed by atoms with van der Waals surface area (Å²) in [4.78, 5) is 19.9. The first-order valence-corrected chi connectivity index (χ1v) is 9.10. The predicted octanol–water partition coefficient (Wildman–Crippen LogP) is 4.90. The Kier molecular flexibility index (Phi) is 4.59. The molecule has 1 aromatic carbocycles. The monoisotopic (exact) mass is 342 g/mol. The average Bonchev–Trinajstić information content (AvgIpc) is 3.17. The molecule has 0 bridgehead atoms. The van der Waals surface area contributed by atoms with Gasteiger partial charge in [-0.3, -0.25) is 4.79 Å². The number of nitrogens with zero attached hydrogens (tertiary/aromatic N) is 2. The second-order valence-electron chi connectivity index (χ2n) is 5.45. The minimum Gasteiger partial charge on any atom is -0.333 e. The lowest BCUT2D eigenvalue weighted by Crippen LogP contribution is -2.27. The molecule has 2 heterocycles. The number of amides is 1. The molecule has 1 atom stereocenters. The van der Waals surface area contributed by atoms with E-state index in [1.165, 1.54) is 5.56 Å². The van der Waals surface area contributed by atoms with Gasteiger partial charge in [0.1, 0.15) is 5.01 Å². The number of carbonyl (C=O) groups excluding carboxylic acids is 1. The molecule has 2 aromatic heterocycles. The summed E-state index contributed by atoms with van der Waals surface area (Å²) in [5, 5.41) is 3.00. The van der Waals surface area contributed by atoms with Gasteiger partial charge in [-0.25, -0.2) is 4.98 Å². The number of benzene rings is 1. The van der Waals surface area contributed by atoms with Gasteiger partial charge in [0, 0.05) is 18.0 Å². The topological polar surface area (TPSA) is 33.2 Å². The Labute approximate surface area is 143 Å². The molecule has 0 spiro atoms. The van der Waals surface area contributed by atoms with E-state index in [0.717, 1.165) is 20.1 Å². The molecule has 0 N–H and O–H groups in total. The van der Waals surface area contributed by atoms with Crippen molar-refractivity contribution in [1.29, 1.82) is 0 Å². The molecule has 1 amide bonds. The number of para-hydroxylation sites is 1. The van der Waals surface area contributed by atoms with Crippen molar-refractivity contribution in [3.63, 3.8) is 0 Å². The van der Waals surface area contributed by atoms with E-state index in [0.29, 0.717) is 0 Å². The number of thiazole rings is 1. The second kappa shape index (κ2) is 6.64. The summed E-state index contributed by atoms with van der Waals surface area (Å²) in [6, 6.07) is 10.1. The maximum Gasteiger partial charge on any atom is 0.246 e. The molecular weight excluding hydrogens is 324 g/mol. The molecule has 118 valence electrons. The number of aromatic nitrogens is 1. The van der Waals surface area contributed by atoms with Crippen LogP contribution in [0.3, 0.4) is 0 Å². The summed E-state index contributed by atoms with van der Waals surface area (Å²) in [7, 11) is 1.82. The lowest BCUT2D eigenvalue weighted by Gasteiger charge is -2.21. The third-order valence-corrected chi connectivity index (χ3v) is 6.07. The molecular formula is C18H18N2OS2. The van der Waals surface area contributed by atoms with E-state index in [1.807, 2.05) is 50.6 Å². The fraction of sp³-hybridized carbons (Fsp3) is 0.222. The zero-order chi connectivity index (χ0) is 16.4. The first-order chi connectivity index (χ1) is 11.1. The fourth-order valence-corrected chi connectivity index (χ4v) is 4.13. The number of thiophene rings is 1. The van der Waals surface area contributed by atoms with Gasteiger partial charge in [0.2, 0.25) is 5.91 Å². The normalized spacial score (nSPS) is 12.8. The van der Waals surface area contributed by atoms with Crippen molar-refractivity contribution in [3.05, 3.63) is 57.2 Å². The largest absolute Gasteiger partial charge is 0.333 e. The molecule has 0 saturated carbocycles. The van der Waals surface area contributed by atoms with Crippen LogP contribution in [0.4, 0.5) is 0 Å². The number of likely N-dealkylation sites (N-methyl/N-ethyl adjacent to an activating group) is 1. The van der Waals surface area contributed by atoms with Crippen LogP contribution >= 0.6 is 22.7 Å². The minimum atomic E-state index is -0.0472. The molecule has 0 fully saturated rings. The molecule has 23 heavy (non-hydrogen) atoms. The molecule has 0 aliphatic rings. The Balaban J connectivity index is 1.76. The molecule has 3 rings (SSSR count). The van der Waals surface area contributed by atoms with Crippen LogP contribution in [0, 0.1) is 6.92 Å². The van der Waals surface area contributed by atoms with E-state index < -0.39 is 0 Å². The van der Waals surface area contributed by atoms with Gasteiger partial charge >= 0.3 is 0 Å². The minimum absolute atomic E-state index is 0.00967. The Morgan fingerprint density at radius 3 is 2.78 bits per heavy atom. The van der Waals surface area contributed by atoms with Gasteiger partial charge in [-0.1, -0.05) is 12.1 Å². The molecule has 3 nitrogen and oxygen atoms in total. The molecule has 0 unspecified atom stereocenters. The lowest BCUT2D eigenvalue weighted by atomic mass is 10.2. The standard InChI is InChI=1S/C18H18N2OS2/c1-12-10-11-22-15(12)8-9-17(21)20(3)13(2)18-19-14-6-4-5-7-16(14)23-18/h4-11,13H,1-3H3/b9-8+/t13-/m0/s1. The third-order valence-electron chi connectivity index (χ3n) is 3.88. The van der Waals surface area contributed by atoms with Gasteiger partial charge in [0.25, 0.3) is 0 Å². The summed E-state index contributed by atoms with van der Waals surface area (Å²) >= 11 is 3.29. The maximum atomic E-state index is 12.4. The molecule has 0 saturated heterocycles. The molecule has 0 aliphatic heterocycles. The first kappa shape index (κ1) is 15.9. The van der Waals surface area contributed by atoms with E-state index in [2.05, 4.69) is 17.1 Å². The first-order valence-electron chi connectivity index (χ1n) is 7.40. The molecule has 0 radical (unpaired) electrons. The number of rotatable bonds is 4. The number of hydrogen-bond acceptors (Lipinski definition) is 4. The van der Waals surface area contributed by atoms with E-state index >= 15 is 0 Å². The third kappa shape index (κ3) is 3.35. The van der Waals surface area contributed by atoms with Crippen molar-refractivity contribution in [2.75, 3.05) is 7.05 Å². The van der Waals surface area contributed by atoms with Crippen LogP contribution in [0.15, 0.2) is 41.8 Å². The Morgan fingerprint density at radius 1 is 1.30 bits per heavy atom. The summed E-state index contributed by atoms with van der Waals surface area (Å²) in [5.74, 6) is -0.00967. The average molecular weight is 342 g/mol. The fourth-order valence-electron chi connectivity index (χ4n) is 2.24. The maximum absolute atomic E-state index is 12.4. The van der Waals surface area contributed by atoms with Crippen LogP contribution in [0.5, 0.6) is 0 Å². The summed E-state index contributed by atoms with van der Waals surface area (Å²) in [6.07, 6.45) is 3.53. The van der Waals surface area contributed by atoms with Gasteiger partial charge in [-0.2, -0.15) is 0 Å². The molecule has 3 aromatic rings. The number of carbonyl (C=O) groups is 1. The van der Waals surface area contributed by atoms with Gasteiger partial charge in [-0.15, -0.1) is 22.7 Å². The molecule has 5 heteroatoms. The van der Waals surface area contributed by atoms with E-state index in [4.69, 9.17) is 0 Å². The van der Waals surface area contributed by atoms with Crippen LogP contribution in [0.25, 0.3) is 16.3 Å². The van der Waals surface area contributed by atoms with Crippen molar-refractivity contribution in [2.24, 2.45) is 0 Å².